The number of hydrogen-bond acceptors (Lipinski definition) is 4. The Kier molecular flexibility index (Phi) is 9.39. The van der Waals surface area contributed by atoms with Gasteiger partial charge in [-0.15, -0.1) is 0 Å². The van der Waals surface area contributed by atoms with Gasteiger partial charge in [0.15, 0.2) is 0 Å². The van der Waals surface area contributed by atoms with Crippen LogP contribution < -0.4 is 15.0 Å². The van der Waals surface area contributed by atoms with E-state index in [2.05, 4.69) is 12.2 Å². The monoisotopic (exact) mass is 580 g/mol. The molecule has 0 fully saturated rings. The summed E-state index contributed by atoms with van der Waals surface area (Å²) in [5.74, 6) is 0.217. The maximum absolute atomic E-state index is 13.6. The lowest BCUT2D eigenvalue weighted by molar-refractivity contribution is -0.114. The molecule has 42 heavy (non-hydrogen) atoms. The Morgan fingerprint density at radius 3 is 2.40 bits per heavy atom. The number of rotatable bonds is 10. The summed E-state index contributed by atoms with van der Waals surface area (Å²) in [5.41, 5.74) is 4.01. The van der Waals surface area contributed by atoms with E-state index in [0.29, 0.717) is 23.6 Å². The Morgan fingerprint density at radius 2 is 1.69 bits per heavy atom. The second-order valence-corrected chi connectivity index (χ2v) is 11.3. The molecule has 0 aliphatic carbocycles. The molecule has 0 aromatic heterocycles. The highest BCUT2D eigenvalue weighted by molar-refractivity contribution is 8.04. The van der Waals surface area contributed by atoms with Gasteiger partial charge >= 0.3 is 0 Å². The fraction of sp³-hybridized carbons (Fsp3) is 0.200. The summed E-state index contributed by atoms with van der Waals surface area (Å²) < 4.78 is 19.2. The van der Waals surface area contributed by atoms with E-state index in [1.165, 1.54) is 23.9 Å². The summed E-state index contributed by atoms with van der Waals surface area (Å²) in [5, 5.41) is 3.05. The van der Waals surface area contributed by atoms with Gasteiger partial charge < -0.3 is 15.0 Å². The van der Waals surface area contributed by atoms with Crippen molar-refractivity contribution in [2.75, 3.05) is 11.5 Å². The van der Waals surface area contributed by atoms with Crippen molar-refractivity contribution in [3.63, 3.8) is 0 Å². The number of amides is 2. The molecule has 214 valence electrons. The van der Waals surface area contributed by atoms with Gasteiger partial charge in [0.05, 0.1) is 29.8 Å². The Balaban J connectivity index is 1.26. The van der Waals surface area contributed by atoms with Crippen molar-refractivity contribution in [3.05, 3.63) is 130 Å². The van der Waals surface area contributed by atoms with Crippen LogP contribution in [0.1, 0.15) is 59.8 Å². The fourth-order valence-corrected chi connectivity index (χ4v) is 5.68. The summed E-state index contributed by atoms with van der Waals surface area (Å²) in [6.45, 7) is 5.11. The van der Waals surface area contributed by atoms with E-state index < -0.39 is 0 Å². The van der Waals surface area contributed by atoms with E-state index in [1.807, 2.05) is 73.7 Å². The molecule has 5 rings (SSSR count). The van der Waals surface area contributed by atoms with E-state index >= 15 is 0 Å². The molecule has 4 aromatic rings. The second kappa shape index (κ2) is 13.5. The van der Waals surface area contributed by atoms with Gasteiger partial charge in [-0.25, -0.2) is 4.39 Å². The van der Waals surface area contributed by atoms with Gasteiger partial charge in [0.1, 0.15) is 11.6 Å². The smallest absolute Gasteiger partial charge is 0.265 e. The molecule has 0 unspecified atom stereocenters. The molecule has 1 aliphatic rings. The quantitative estimate of drug-likeness (QED) is 0.152. The number of nitrogens with one attached hydrogen (secondary N) is 1. The molecule has 0 radical (unpaired) electrons. The van der Waals surface area contributed by atoms with Crippen molar-refractivity contribution in [2.45, 2.75) is 44.2 Å². The number of para-hydroxylation sites is 1. The first-order valence-corrected chi connectivity index (χ1v) is 14.9. The summed E-state index contributed by atoms with van der Waals surface area (Å²) in [7, 11) is 0. The molecule has 2 amide bonds. The van der Waals surface area contributed by atoms with E-state index in [-0.39, 0.29) is 23.7 Å². The van der Waals surface area contributed by atoms with Gasteiger partial charge in [-0.05, 0) is 84.6 Å². The van der Waals surface area contributed by atoms with Gasteiger partial charge in [-0.1, -0.05) is 73.6 Å². The van der Waals surface area contributed by atoms with Crippen LogP contribution in [0, 0.1) is 5.82 Å². The number of halogens is 1. The SMILES string of the molecule is CCCCOc1ccc([C@@H](C)NC(=O)c2ccc(/C=C3\Sc4ccccc4N(Cc4ccc(F)cc4)C3=O)cc2)cc1. The molecule has 0 spiro atoms. The highest BCUT2D eigenvalue weighted by Crippen LogP contribution is 2.42. The number of ether oxygens (including phenoxy) is 1. The molecule has 0 saturated heterocycles. The van der Waals surface area contributed by atoms with Crippen LogP contribution in [0.15, 0.2) is 107 Å². The van der Waals surface area contributed by atoms with Crippen LogP contribution in [0.4, 0.5) is 10.1 Å². The first-order chi connectivity index (χ1) is 20.4. The lowest BCUT2D eigenvalue weighted by Crippen LogP contribution is -2.33. The minimum atomic E-state index is -0.311. The van der Waals surface area contributed by atoms with Crippen LogP contribution >= 0.6 is 11.8 Å². The number of benzene rings is 4. The first-order valence-electron chi connectivity index (χ1n) is 14.1. The minimum absolute atomic E-state index is 0.125. The zero-order valence-electron chi connectivity index (χ0n) is 23.7. The Morgan fingerprint density at radius 1 is 0.976 bits per heavy atom. The van der Waals surface area contributed by atoms with E-state index in [0.717, 1.165) is 45.9 Å². The molecule has 1 heterocycles. The third kappa shape index (κ3) is 7.09. The zero-order valence-corrected chi connectivity index (χ0v) is 24.5. The third-order valence-electron chi connectivity index (χ3n) is 7.05. The van der Waals surface area contributed by atoms with Crippen LogP contribution in [-0.4, -0.2) is 18.4 Å². The fourth-order valence-electron chi connectivity index (χ4n) is 4.62. The maximum atomic E-state index is 13.6. The van der Waals surface area contributed by atoms with Gasteiger partial charge in [0, 0.05) is 10.5 Å². The molecule has 1 aliphatic heterocycles. The normalized spacial score (nSPS) is 14.4. The number of unbranched alkanes of at least 4 members (excludes halogenated alkanes) is 1. The van der Waals surface area contributed by atoms with E-state index in [4.69, 9.17) is 4.74 Å². The van der Waals surface area contributed by atoms with Crippen LogP contribution in [-0.2, 0) is 11.3 Å². The lowest BCUT2D eigenvalue weighted by Gasteiger charge is -2.30. The molecule has 5 nitrogen and oxygen atoms in total. The highest BCUT2D eigenvalue weighted by Gasteiger charge is 2.29. The first kappa shape index (κ1) is 29.1. The third-order valence-corrected chi connectivity index (χ3v) is 8.13. The number of nitrogens with zero attached hydrogens (tertiary/aromatic N) is 1. The van der Waals surface area contributed by atoms with E-state index in [1.54, 1.807) is 29.2 Å². The van der Waals surface area contributed by atoms with Gasteiger partial charge in [0.2, 0.25) is 0 Å². The summed E-state index contributed by atoms with van der Waals surface area (Å²) in [6, 6.07) is 28.8. The van der Waals surface area contributed by atoms with Gasteiger partial charge in [-0.3, -0.25) is 9.59 Å². The molecule has 0 bridgehead atoms. The molecular formula is C35H33FN2O3S. The van der Waals surface area contributed by atoms with Crippen molar-refractivity contribution >= 4 is 35.3 Å². The zero-order chi connectivity index (χ0) is 29.5. The predicted molar refractivity (Wildman–Crippen MR) is 167 cm³/mol. The molecule has 1 N–H and O–H groups in total. The molecule has 1 atom stereocenters. The average Bonchev–Trinajstić information content (AvgIpc) is 3.01. The van der Waals surface area contributed by atoms with Crippen LogP contribution in [0.2, 0.25) is 0 Å². The van der Waals surface area contributed by atoms with Crippen LogP contribution in [0.5, 0.6) is 5.75 Å². The number of fused-ring (bicyclic) bond motifs is 1. The highest BCUT2D eigenvalue weighted by atomic mass is 32.2. The minimum Gasteiger partial charge on any atom is -0.494 e. The summed E-state index contributed by atoms with van der Waals surface area (Å²) in [6.07, 6.45) is 3.95. The van der Waals surface area contributed by atoms with Crippen LogP contribution in [0.25, 0.3) is 6.08 Å². The maximum Gasteiger partial charge on any atom is 0.265 e. The van der Waals surface area contributed by atoms with Crippen molar-refractivity contribution < 1.29 is 18.7 Å². The van der Waals surface area contributed by atoms with Crippen molar-refractivity contribution in [3.8, 4) is 5.75 Å². The molecular weight excluding hydrogens is 547 g/mol. The van der Waals surface area contributed by atoms with E-state index in [9.17, 15) is 14.0 Å². The topological polar surface area (TPSA) is 58.6 Å². The van der Waals surface area contributed by atoms with Crippen molar-refractivity contribution in [1.82, 2.24) is 5.32 Å². The molecule has 7 heteroatoms. The number of thioether (sulfide) groups is 1. The number of carbonyl (C=O) groups is 2. The number of carbonyl (C=O) groups excluding carboxylic acids is 2. The average molecular weight is 581 g/mol. The number of anilines is 1. The predicted octanol–water partition coefficient (Wildman–Crippen LogP) is 8.18. The Bertz CT molecular complexity index is 1570. The van der Waals surface area contributed by atoms with Gasteiger partial charge in [-0.2, -0.15) is 0 Å². The van der Waals surface area contributed by atoms with Crippen molar-refractivity contribution in [2.24, 2.45) is 0 Å². The van der Waals surface area contributed by atoms with Crippen LogP contribution in [0.3, 0.4) is 0 Å². The molecule has 4 aromatic carbocycles. The van der Waals surface area contributed by atoms with Gasteiger partial charge in [0.25, 0.3) is 11.8 Å². The number of hydrogen-bond donors (Lipinski definition) is 1. The van der Waals surface area contributed by atoms with Crippen molar-refractivity contribution in [1.29, 1.82) is 0 Å². The largest absolute Gasteiger partial charge is 0.494 e. The summed E-state index contributed by atoms with van der Waals surface area (Å²) >= 11 is 1.42. The molecule has 0 saturated carbocycles. The summed E-state index contributed by atoms with van der Waals surface area (Å²) in [4.78, 5) is 29.8. The Hall–Kier alpha value is -4.36. The Labute approximate surface area is 250 Å². The standard InChI is InChI=1S/C35H33FN2O3S/c1-3-4-21-41-30-19-15-27(16-20-30)24(2)37-34(39)28-13-9-25(10-14-28)22-33-35(40)38(23-26-11-17-29(36)18-12-26)31-7-5-6-8-32(31)42-33/h5-20,22,24H,3-4,21,23H2,1-2H3,(H,37,39)/b33-22-/t24-/m1/s1. The second-order valence-electron chi connectivity index (χ2n) is 10.2. The lowest BCUT2D eigenvalue weighted by atomic mass is 10.1.